The average Bonchev–Trinajstić information content (AvgIpc) is 2.65. The van der Waals surface area contributed by atoms with E-state index in [0.717, 1.165) is 12.3 Å². The molecule has 0 bridgehead atoms. The summed E-state index contributed by atoms with van der Waals surface area (Å²) in [6.07, 6.45) is 6.19. The molecule has 1 aliphatic carbocycles. The molecule has 0 heterocycles. The molecule has 0 radical (unpaired) electrons. The SMILES string of the molecule is CCCCCC1C(CCC(=O)[O-])C1(C)C. The fraction of sp³-hybridized carbons (Fsp3) is 0.923. The molecule has 1 aliphatic rings. The Hall–Kier alpha value is -0.530. The lowest BCUT2D eigenvalue weighted by molar-refractivity contribution is -0.305. The molecule has 2 unspecified atom stereocenters. The Labute approximate surface area is 93.1 Å². The maximum Gasteiger partial charge on any atom is 0.0414 e. The summed E-state index contributed by atoms with van der Waals surface area (Å²) in [5.74, 6) is 0.473. The van der Waals surface area contributed by atoms with Crippen LogP contribution in [0.3, 0.4) is 0 Å². The maximum absolute atomic E-state index is 10.4. The molecule has 2 heteroatoms. The molecule has 1 fully saturated rings. The molecule has 2 atom stereocenters. The van der Waals surface area contributed by atoms with E-state index in [1.807, 2.05) is 0 Å². The van der Waals surface area contributed by atoms with Gasteiger partial charge in [-0.25, -0.2) is 0 Å². The lowest BCUT2D eigenvalue weighted by atomic mass is 10.0. The second-order valence-corrected chi connectivity index (χ2v) is 5.44. The smallest absolute Gasteiger partial charge is 0.0414 e. The van der Waals surface area contributed by atoms with Crippen LogP contribution in [0.15, 0.2) is 0 Å². The van der Waals surface area contributed by atoms with Gasteiger partial charge in [0.1, 0.15) is 0 Å². The molecule has 0 amide bonds. The minimum absolute atomic E-state index is 0.234. The van der Waals surface area contributed by atoms with Crippen LogP contribution in [0, 0.1) is 17.3 Å². The molecule has 0 saturated heterocycles. The maximum atomic E-state index is 10.4. The van der Waals surface area contributed by atoms with E-state index in [2.05, 4.69) is 20.8 Å². The second kappa shape index (κ2) is 5.00. The third-order valence-electron chi connectivity index (χ3n) is 4.07. The molecule has 0 aliphatic heterocycles. The van der Waals surface area contributed by atoms with Crippen molar-refractivity contribution in [2.45, 2.75) is 59.3 Å². The van der Waals surface area contributed by atoms with Crippen molar-refractivity contribution in [3.05, 3.63) is 0 Å². The van der Waals surface area contributed by atoms with Crippen LogP contribution in [0.25, 0.3) is 0 Å². The Morgan fingerprint density at radius 1 is 1.20 bits per heavy atom. The van der Waals surface area contributed by atoms with Crippen molar-refractivity contribution < 1.29 is 9.90 Å². The lowest BCUT2D eigenvalue weighted by Crippen LogP contribution is -2.21. The predicted octanol–water partition coefficient (Wildman–Crippen LogP) is 2.37. The van der Waals surface area contributed by atoms with Crippen molar-refractivity contribution in [3.63, 3.8) is 0 Å². The first-order valence-corrected chi connectivity index (χ1v) is 6.20. The fourth-order valence-corrected chi connectivity index (χ4v) is 2.89. The lowest BCUT2D eigenvalue weighted by Gasteiger charge is -2.02. The fourth-order valence-electron chi connectivity index (χ4n) is 2.89. The van der Waals surface area contributed by atoms with E-state index in [1.165, 1.54) is 25.7 Å². The van der Waals surface area contributed by atoms with Crippen molar-refractivity contribution in [1.82, 2.24) is 0 Å². The van der Waals surface area contributed by atoms with Crippen molar-refractivity contribution >= 4 is 5.97 Å². The molecular formula is C13H23O2-. The van der Waals surface area contributed by atoms with Gasteiger partial charge in [-0.05, 0) is 36.5 Å². The zero-order chi connectivity index (χ0) is 11.5. The molecule has 88 valence electrons. The van der Waals surface area contributed by atoms with E-state index in [9.17, 15) is 9.90 Å². The zero-order valence-corrected chi connectivity index (χ0v) is 10.2. The van der Waals surface area contributed by atoms with E-state index in [1.54, 1.807) is 0 Å². The molecule has 0 N–H and O–H groups in total. The van der Waals surface area contributed by atoms with Crippen molar-refractivity contribution in [1.29, 1.82) is 0 Å². The molecule has 1 saturated carbocycles. The summed E-state index contributed by atoms with van der Waals surface area (Å²) in [4.78, 5) is 10.4. The first kappa shape index (κ1) is 12.5. The summed E-state index contributed by atoms with van der Waals surface area (Å²) in [6.45, 7) is 6.75. The number of aliphatic carboxylic acids is 1. The number of hydrogen-bond acceptors (Lipinski definition) is 2. The Morgan fingerprint density at radius 3 is 2.33 bits per heavy atom. The number of carboxylic acid groups (broad SMARTS) is 1. The van der Waals surface area contributed by atoms with E-state index < -0.39 is 5.97 Å². The quantitative estimate of drug-likeness (QED) is 0.606. The number of rotatable bonds is 7. The number of carboxylic acids is 1. The predicted molar refractivity (Wildman–Crippen MR) is 59.1 cm³/mol. The van der Waals surface area contributed by atoms with Gasteiger partial charge in [-0.2, -0.15) is 0 Å². The number of hydrogen-bond donors (Lipinski definition) is 0. The van der Waals surface area contributed by atoms with E-state index in [4.69, 9.17) is 0 Å². The highest BCUT2D eigenvalue weighted by Gasteiger charge is 2.55. The van der Waals surface area contributed by atoms with Gasteiger partial charge in [0.2, 0.25) is 0 Å². The van der Waals surface area contributed by atoms with Crippen LogP contribution in [-0.2, 0) is 4.79 Å². The Balaban J connectivity index is 2.25. The van der Waals surface area contributed by atoms with Crippen molar-refractivity contribution in [2.75, 3.05) is 0 Å². The monoisotopic (exact) mass is 211 g/mol. The minimum atomic E-state index is -0.898. The molecule has 0 aromatic carbocycles. The molecule has 2 nitrogen and oxygen atoms in total. The van der Waals surface area contributed by atoms with Crippen LogP contribution < -0.4 is 5.11 Å². The Kier molecular flexibility index (Phi) is 4.18. The summed E-state index contributed by atoms with van der Waals surface area (Å²) in [5.41, 5.74) is 0.378. The van der Waals surface area contributed by atoms with E-state index in [-0.39, 0.29) is 6.42 Å². The van der Waals surface area contributed by atoms with Crippen LogP contribution in [0.1, 0.15) is 59.3 Å². The number of carbonyl (C=O) groups excluding carboxylic acids is 1. The van der Waals surface area contributed by atoms with Gasteiger partial charge in [-0.15, -0.1) is 0 Å². The van der Waals surface area contributed by atoms with Crippen LogP contribution >= 0.6 is 0 Å². The second-order valence-electron chi connectivity index (χ2n) is 5.44. The summed E-state index contributed by atoms with van der Waals surface area (Å²) in [7, 11) is 0. The summed E-state index contributed by atoms with van der Waals surface area (Å²) in [6, 6.07) is 0. The molecule has 15 heavy (non-hydrogen) atoms. The van der Waals surface area contributed by atoms with Gasteiger partial charge in [-0.3, -0.25) is 0 Å². The van der Waals surface area contributed by atoms with Crippen LogP contribution in [0.5, 0.6) is 0 Å². The normalized spacial score (nSPS) is 27.7. The molecule has 0 spiro atoms. The molecule has 0 aromatic rings. The third-order valence-corrected chi connectivity index (χ3v) is 4.07. The first-order valence-electron chi connectivity index (χ1n) is 6.20. The third kappa shape index (κ3) is 3.22. The van der Waals surface area contributed by atoms with Gasteiger partial charge < -0.3 is 9.90 Å². The van der Waals surface area contributed by atoms with E-state index >= 15 is 0 Å². The van der Waals surface area contributed by atoms with Crippen LogP contribution in [0.4, 0.5) is 0 Å². The zero-order valence-electron chi connectivity index (χ0n) is 10.2. The first-order chi connectivity index (χ1) is 7.00. The van der Waals surface area contributed by atoms with Gasteiger partial charge in [0.05, 0.1) is 0 Å². The van der Waals surface area contributed by atoms with Crippen LogP contribution in [0.2, 0.25) is 0 Å². The Morgan fingerprint density at radius 2 is 1.80 bits per heavy atom. The van der Waals surface area contributed by atoms with Crippen molar-refractivity contribution in [3.8, 4) is 0 Å². The highest BCUT2D eigenvalue weighted by molar-refractivity contribution is 5.64. The minimum Gasteiger partial charge on any atom is -0.550 e. The van der Waals surface area contributed by atoms with Crippen molar-refractivity contribution in [2.24, 2.45) is 17.3 Å². The van der Waals surface area contributed by atoms with Gasteiger partial charge >= 0.3 is 0 Å². The van der Waals surface area contributed by atoms with Gasteiger partial charge in [0.15, 0.2) is 0 Å². The van der Waals surface area contributed by atoms with Gasteiger partial charge in [0.25, 0.3) is 0 Å². The number of unbranched alkanes of at least 4 members (excludes halogenated alkanes) is 2. The molecular weight excluding hydrogens is 188 g/mol. The number of carbonyl (C=O) groups is 1. The largest absolute Gasteiger partial charge is 0.550 e. The molecule has 0 aromatic heterocycles. The van der Waals surface area contributed by atoms with Crippen LogP contribution in [-0.4, -0.2) is 5.97 Å². The molecule has 1 rings (SSSR count). The summed E-state index contributed by atoms with van der Waals surface area (Å²) >= 11 is 0. The Bertz CT molecular complexity index is 221. The van der Waals surface area contributed by atoms with E-state index in [0.29, 0.717) is 11.3 Å². The summed E-state index contributed by atoms with van der Waals surface area (Å²) in [5, 5.41) is 10.4. The topological polar surface area (TPSA) is 40.1 Å². The highest BCUT2D eigenvalue weighted by Crippen LogP contribution is 2.62. The standard InChI is InChI=1S/C13H24O2/c1-4-5-6-7-10-11(13(10,2)3)8-9-12(14)15/h10-11H,4-9H2,1-3H3,(H,14,15)/p-1. The average molecular weight is 211 g/mol. The van der Waals surface area contributed by atoms with Gasteiger partial charge in [0, 0.05) is 5.97 Å². The summed E-state index contributed by atoms with van der Waals surface area (Å²) < 4.78 is 0. The highest BCUT2D eigenvalue weighted by atomic mass is 16.4. The van der Waals surface area contributed by atoms with Gasteiger partial charge in [-0.1, -0.05) is 40.0 Å².